The van der Waals surface area contributed by atoms with E-state index in [2.05, 4.69) is 35.2 Å². The molecule has 1 heterocycles. The van der Waals surface area contributed by atoms with E-state index in [0.717, 1.165) is 25.3 Å². The van der Waals surface area contributed by atoms with E-state index in [4.69, 9.17) is 5.73 Å². The average Bonchev–Trinajstić information content (AvgIpc) is 2.47. The van der Waals surface area contributed by atoms with Crippen LogP contribution in [0.2, 0.25) is 0 Å². The minimum atomic E-state index is -0.165. The van der Waals surface area contributed by atoms with Crippen LogP contribution < -0.4 is 5.73 Å². The first-order valence-electron chi connectivity index (χ1n) is 7.42. The Morgan fingerprint density at radius 2 is 2.15 bits per heavy atom. The molecule has 2 rings (SSSR count). The van der Waals surface area contributed by atoms with Gasteiger partial charge in [-0.15, -0.1) is 11.8 Å². The highest BCUT2D eigenvalue weighted by atomic mass is 32.2. The van der Waals surface area contributed by atoms with Crippen molar-refractivity contribution in [2.75, 3.05) is 25.4 Å². The number of carbonyl (C=O) groups is 1. The Morgan fingerprint density at radius 1 is 1.35 bits per heavy atom. The molecule has 1 atom stereocenters. The zero-order chi connectivity index (χ0) is 14.2. The van der Waals surface area contributed by atoms with Crippen molar-refractivity contribution in [2.24, 2.45) is 11.7 Å². The molecule has 20 heavy (non-hydrogen) atoms. The van der Waals surface area contributed by atoms with Crippen molar-refractivity contribution in [3.8, 4) is 0 Å². The van der Waals surface area contributed by atoms with E-state index in [9.17, 15) is 4.79 Å². The lowest BCUT2D eigenvalue weighted by Crippen LogP contribution is -2.37. The number of benzene rings is 1. The number of rotatable bonds is 7. The molecule has 0 spiro atoms. The van der Waals surface area contributed by atoms with Gasteiger partial charge in [0.05, 0.1) is 0 Å². The molecule has 110 valence electrons. The fourth-order valence-electron chi connectivity index (χ4n) is 2.75. The first-order valence-corrected chi connectivity index (χ1v) is 8.41. The van der Waals surface area contributed by atoms with Gasteiger partial charge in [-0.05, 0) is 43.9 Å². The van der Waals surface area contributed by atoms with Crippen molar-refractivity contribution in [2.45, 2.75) is 30.6 Å². The normalized spacial score (nSPS) is 19.9. The number of primary amides is 1. The minimum absolute atomic E-state index is 0.165. The molecular weight excluding hydrogens is 268 g/mol. The van der Waals surface area contributed by atoms with Crippen LogP contribution in [0, 0.1) is 5.92 Å². The predicted molar refractivity (Wildman–Crippen MR) is 84.8 cm³/mol. The number of nitrogens with two attached hydrogens (primary N) is 1. The molecule has 1 fully saturated rings. The maximum Gasteiger partial charge on any atom is 0.217 e. The maximum atomic E-state index is 10.9. The van der Waals surface area contributed by atoms with E-state index < -0.39 is 0 Å². The molecule has 3 nitrogen and oxygen atoms in total. The number of amides is 1. The third-order valence-electron chi connectivity index (χ3n) is 3.82. The molecular formula is C16H24N2OS. The van der Waals surface area contributed by atoms with E-state index in [1.54, 1.807) is 0 Å². The van der Waals surface area contributed by atoms with Gasteiger partial charge in [0.2, 0.25) is 5.91 Å². The lowest BCUT2D eigenvalue weighted by molar-refractivity contribution is -0.118. The molecule has 0 radical (unpaired) electrons. The predicted octanol–water partition coefficient (Wildman–Crippen LogP) is 2.76. The Bertz CT molecular complexity index is 410. The highest BCUT2D eigenvalue weighted by Crippen LogP contribution is 2.22. The van der Waals surface area contributed by atoms with Crippen molar-refractivity contribution in [3.05, 3.63) is 30.3 Å². The zero-order valence-corrected chi connectivity index (χ0v) is 12.8. The second-order valence-corrected chi connectivity index (χ2v) is 6.64. The molecule has 0 saturated carbocycles. The van der Waals surface area contributed by atoms with E-state index >= 15 is 0 Å². The molecule has 1 aliphatic heterocycles. The van der Waals surface area contributed by atoms with Crippen molar-refractivity contribution in [3.63, 3.8) is 0 Å². The monoisotopic (exact) mass is 292 g/mol. The summed E-state index contributed by atoms with van der Waals surface area (Å²) in [6.45, 7) is 3.46. The number of nitrogens with zero attached hydrogens (tertiary/aromatic N) is 1. The molecule has 0 unspecified atom stereocenters. The van der Waals surface area contributed by atoms with Gasteiger partial charge in [0.15, 0.2) is 0 Å². The smallest absolute Gasteiger partial charge is 0.217 e. The van der Waals surface area contributed by atoms with Crippen LogP contribution in [-0.2, 0) is 4.79 Å². The Kier molecular flexibility index (Phi) is 6.40. The number of hydrogen-bond acceptors (Lipinski definition) is 3. The number of piperidine rings is 1. The second-order valence-electron chi connectivity index (χ2n) is 5.48. The second kappa shape index (κ2) is 8.32. The fraction of sp³-hybridized carbons (Fsp3) is 0.562. The minimum Gasteiger partial charge on any atom is -0.370 e. The number of hydrogen-bond donors (Lipinski definition) is 1. The summed E-state index contributed by atoms with van der Waals surface area (Å²) in [6.07, 6.45) is 3.99. The van der Waals surface area contributed by atoms with Gasteiger partial charge in [0.25, 0.3) is 0 Å². The van der Waals surface area contributed by atoms with Gasteiger partial charge >= 0.3 is 0 Å². The van der Waals surface area contributed by atoms with Crippen molar-refractivity contribution >= 4 is 17.7 Å². The van der Waals surface area contributed by atoms with Crippen molar-refractivity contribution in [1.82, 2.24) is 4.90 Å². The molecule has 1 saturated heterocycles. The molecule has 0 aromatic heterocycles. The SMILES string of the molecule is NC(=O)CC[C@H]1CCCN(CCSc2ccccc2)C1. The Morgan fingerprint density at radius 3 is 2.90 bits per heavy atom. The Balaban J connectivity index is 1.66. The summed E-state index contributed by atoms with van der Waals surface area (Å²) in [5.41, 5.74) is 5.23. The summed E-state index contributed by atoms with van der Waals surface area (Å²) in [5.74, 6) is 1.62. The standard InChI is InChI=1S/C16H24N2OS/c17-16(19)9-8-14-5-4-10-18(13-14)11-12-20-15-6-2-1-3-7-15/h1-3,6-7,14H,4-5,8-13H2,(H2,17,19)/t14-/m1/s1. The highest BCUT2D eigenvalue weighted by Gasteiger charge is 2.19. The third kappa shape index (κ3) is 5.55. The molecule has 1 aromatic carbocycles. The lowest BCUT2D eigenvalue weighted by atomic mass is 9.93. The van der Waals surface area contributed by atoms with Gasteiger partial charge in [-0.25, -0.2) is 0 Å². The fourth-order valence-corrected chi connectivity index (χ4v) is 3.68. The van der Waals surface area contributed by atoms with Crippen LogP contribution >= 0.6 is 11.8 Å². The van der Waals surface area contributed by atoms with Crippen LogP contribution in [0.15, 0.2) is 35.2 Å². The zero-order valence-electron chi connectivity index (χ0n) is 12.0. The van der Waals surface area contributed by atoms with Crippen LogP contribution in [-0.4, -0.2) is 36.2 Å². The van der Waals surface area contributed by atoms with Gasteiger partial charge in [-0.1, -0.05) is 18.2 Å². The number of thioether (sulfide) groups is 1. The van der Waals surface area contributed by atoms with Crippen molar-refractivity contribution in [1.29, 1.82) is 0 Å². The van der Waals surface area contributed by atoms with E-state index in [0.29, 0.717) is 12.3 Å². The lowest BCUT2D eigenvalue weighted by Gasteiger charge is -2.32. The maximum absolute atomic E-state index is 10.9. The van der Waals surface area contributed by atoms with Crippen molar-refractivity contribution < 1.29 is 4.79 Å². The molecule has 4 heteroatoms. The first kappa shape index (κ1) is 15.4. The van der Waals surface area contributed by atoms with Crippen LogP contribution in [0.25, 0.3) is 0 Å². The van der Waals surface area contributed by atoms with Gasteiger partial charge in [-0.3, -0.25) is 4.79 Å². The molecule has 0 aliphatic carbocycles. The van der Waals surface area contributed by atoms with E-state index in [1.165, 1.54) is 24.3 Å². The molecule has 1 aromatic rings. The molecule has 1 amide bonds. The number of likely N-dealkylation sites (tertiary alicyclic amines) is 1. The van der Waals surface area contributed by atoms with Gasteiger partial charge in [0.1, 0.15) is 0 Å². The summed E-state index contributed by atoms with van der Waals surface area (Å²) in [6, 6.07) is 10.6. The topological polar surface area (TPSA) is 46.3 Å². The molecule has 2 N–H and O–H groups in total. The van der Waals surface area contributed by atoms with Crippen LogP contribution in [0.4, 0.5) is 0 Å². The third-order valence-corrected chi connectivity index (χ3v) is 4.81. The van der Waals surface area contributed by atoms with E-state index in [1.807, 2.05) is 11.8 Å². The summed E-state index contributed by atoms with van der Waals surface area (Å²) in [4.78, 5) is 14.7. The summed E-state index contributed by atoms with van der Waals surface area (Å²) >= 11 is 1.92. The average molecular weight is 292 g/mol. The largest absolute Gasteiger partial charge is 0.370 e. The van der Waals surface area contributed by atoms with E-state index in [-0.39, 0.29) is 5.91 Å². The van der Waals surface area contributed by atoms with Crippen LogP contribution in [0.5, 0.6) is 0 Å². The van der Waals surface area contributed by atoms with Crippen LogP contribution in [0.1, 0.15) is 25.7 Å². The van der Waals surface area contributed by atoms with Gasteiger partial charge in [-0.2, -0.15) is 0 Å². The summed E-state index contributed by atoms with van der Waals surface area (Å²) in [7, 11) is 0. The van der Waals surface area contributed by atoms with Gasteiger partial charge in [0, 0.05) is 30.2 Å². The first-order chi connectivity index (χ1) is 9.74. The summed E-state index contributed by atoms with van der Waals surface area (Å²) in [5, 5.41) is 0. The van der Waals surface area contributed by atoms with Gasteiger partial charge < -0.3 is 10.6 Å². The Hall–Kier alpha value is -1.00. The quantitative estimate of drug-likeness (QED) is 0.786. The molecule has 0 bridgehead atoms. The highest BCUT2D eigenvalue weighted by molar-refractivity contribution is 7.99. The number of carbonyl (C=O) groups excluding carboxylic acids is 1. The molecule has 1 aliphatic rings. The van der Waals surface area contributed by atoms with Crippen LogP contribution in [0.3, 0.4) is 0 Å². The summed E-state index contributed by atoms with van der Waals surface area (Å²) < 4.78 is 0. The Labute approximate surface area is 125 Å².